The van der Waals surface area contributed by atoms with E-state index in [1.807, 2.05) is 84.1 Å². The maximum absolute atomic E-state index is 6.66. The molecule has 0 aliphatic carbocycles. The predicted octanol–water partition coefficient (Wildman–Crippen LogP) is 13.9. The Kier molecular flexibility index (Phi) is 7.03. The molecule has 57 heavy (non-hydrogen) atoms. The minimum atomic E-state index is 0.606. The van der Waals surface area contributed by atoms with Crippen LogP contribution in [-0.2, 0) is 0 Å². The quantitative estimate of drug-likeness (QED) is 0.176. The monoisotopic (exact) mass is 746 g/mol. The highest BCUT2D eigenvalue weighted by molar-refractivity contribution is 7.26. The van der Waals surface area contributed by atoms with E-state index in [0.717, 1.165) is 44.2 Å². The van der Waals surface area contributed by atoms with Gasteiger partial charge in [-0.05, 0) is 53.6 Å². The molecule has 0 N–H and O–H groups in total. The summed E-state index contributed by atoms with van der Waals surface area (Å²) >= 11 is 1.85. The zero-order chi connectivity index (χ0) is 37.5. The van der Waals surface area contributed by atoms with Crippen molar-refractivity contribution in [3.8, 4) is 51.0 Å². The first-order chi connectivity index (χ1) is 28.3. The third-order valence-electron chi connectivity index (χ3n) is 11.1. The smallest absolute Gasteiger partial charge is 0.164 e. The van der Waals surface area contributed by atoms with Crippen molar-refractivity contribution in [1.29, 1.82) is 0 Å². The van der Waals surface area contributed by atoms with Crippen LogP contribution in [0.2, 0.25) is 0 Å². The fraction of sp³-hybridized carbons (Fsp3) is 0. The summed E-state index contributed by atoms with van der Waals surface area (Å²) in [7, 11) is 0. The van der Waals surface area contributed by atoms with E-state index in [0.29, 0.717) is 17.5 Å². The Hall–Kier alpha value is -7.41. The Balaban J connectivity index is 1.02. The Morgan fingerprint density at radius 3 is 1.72 bits per heavy atom. The molecule has 0 amide bonds. The molecule has 0 bridgehead atoms. The van der Waals surface area contributed by atoms with Crippen molar-refractivity contribution in [1.82, 2.24) is 19.5 Å². The van der Waals surface area contributed by atoms with Crippen molar-refractivity contribution in [2.45, 2.75) is 0 Å². The second-order valence-electron chi connectivity index (χ2n) is 14.3. The van der Waals surface area contributed by atoms with Gasteiger partial charge in [0.05, 0.1) is 16.7 Å². The molecule has 0 saturated heterocycles. The molecule has 0 aliphatic heterocycles. The van der Waals surface area contributed by atoms with Gasteiger partial charge in [-0.1, -0.05) is 140 Å². The fourth-order valence-electron chi connectivity index (χ4n) is 8.53. The molecule has 5 nitrogen and oxygen atoms in total. The first-order valence-electron chi connectivity index (χ1n) is 19.0. The van der Waals surface area contributed by atoms with E-state index in [1.165, 1.54) is 53.2 Å². The van der Waals surface area contributed by atoms with Crippen molar-refractivity contribution in [3.05, 3.63) is 182 Å². The topological polar surface area (TPSA) is 56.7 Å². The number of hydrogen-bond donors (Lipinski definition) is 0. The van der Waals surface area contributed by atoms with Gasteiger partial charge in [-0.3, -0.25) is 0 Å². The lowest BCUT2D eigenvalue weighted by Crippen LogP contribution is -2.00. The minimum absolute atomic E-state index is 0.606. The van der Waals surface area contributed by atoms with Gasteiger partial charge >= 0.3 is 0 Å². The van der Waals surface area contributed by atoms with Crippen LogP contribution in [0.1, 0.15) is 0 Å². The SMILES string of the molecule is c1ccc(-c2nc(-c3ccccc3)nc(-c3cccc4oc5cc(-c6cccc7c6sc6cccc(-n8c9ccccc9c9ccccc98)c67)ccc5c34)n2)cc1. The van der Waals surface area contributed by atoms with Crippen molar-refractivity contribution >= 4 is 75.3 Å². The second-order valence-corrected chi connectivity index (χ2v) is 15.4. The summed E-state index contributed by atoms with van der Waals surface area (Å²) in [6, 6.07) is 63.7. The summed E-state index contributed by atoms with van der Waals surface area (Å²) in [6.45, 7) is 0. The lowest BCUT2D eigenvalue weighted by atomic mass is 9.99. The second kappa shape index (κ2) is 12.6. The first kappa shape index (κ1) is 31.9. The lowest BCUT2D eigenvalue weighted by molar-refractivity contribution is 0.669. The highest BCUT2D eigenvalue weighted by Gasteiger charge is 2.21. The molecule has 0 radical (unpaired) electrons. The Morgan fingerprint density at radius 2 is 1.00 bits per heavy atom. The molecule has 12 aromatic rings. The largest absolute Gasteiger partial charge is 0.456 e. The number of aromatic nitrogens is 4. The van der Waals surface area contributed by atoms with Gasteiger partial charge < -0.3 is 8.98 Å². The van der Waals surface area contributed by atoms with Crippen LogP contribution in [0.15, 0.2) is 186 Å². The van der Waals surface area contributed by atoms with E-state index in [1.54, 1.807) is 0 Å². The summed E-state index contributed by atoms with van der Waals surface area (Å²) in [5, 5.41) is 7.04. The Morgan fingerprint density at radius 1 is 0.404 bits per heavy atom. The lowest BCUT2D eigenvalue weighted by Gasteiger charge is -2.10. The number of nitrogens with zero attached hydrogens (tertiary/aromatic N) is 4. The first-order valence-corrected chi connectivity index (χ1v) is 19.8. The molecule has 4 heterocycles. The summed E-state index contributed by atoms with van der Waals surface area (Å²) in [6.07, 6.45) is 0. The number of benzene rings is 8. The maximum atomic E-state index is 6.66. The predicted molar refractivity (Wildman–Crippen MR) is 236 cm³/mol. The van der Waals surface area contributed by atoms with Crippen LogP contribution < -0.4 is 0 Å². The number of para-hydroxylation sites is 2. The zero-order valence-electron chi connectivity index (χ0n) is 30.4. The van der Waals surface area contributed by atoms with Crippen LogP contribution in [0.4, 0.5) is 0 Å². The van der Waals surface area contributed by atoms with E-state index in [4.69, 9.17) is 19.4 Å². The van der Waals surface area contributed by atoms with Crippen molar-refractivity contribution in [3.63, 3.8) is 0 Å². The number of hydrogen-bond acceptors (Lipinski definition) is 5. The van der Waals surface area contributed by atoms with Gasteiger partial charge in [0.2, 0.25) is 0 Å². The highest BCUT2D eigenvalue weighted by Crippen LogP contribution is 2.45. The Bertz CT molecular complexity index is 3420. The van der Waals surface area contributed by atoms with E-state index < -0.39 is 0 Å². The van der Waals surface area contributed by atoms with E-state index in [2.05, 4.69) is 114 Å². The van der Waals surface area contributed by atoms with Crippen LogP contribution >= 0.6 is 11.3 Å². The van der Waals surface area contributed by atoms with Crippen molar-refractivity contribution < 1.29 is 4.42 Å². The van der Waals surface area contributed by atoms with Gasteiger partial charge in [0, 0.05) is 58.4 Å². The molecule has 0 unspecified atom stereocenters. The summed E-state index contributed by atoms with van der Waals surface area (Å²) in [5.41, 5.74) is 10.3. The van der Waals surface area contributed by atoms with Crippen molar-refractivity contribution in [2.24, 2.45) is 0 Å². The Labute approximate surface area is 330 Å². The normalized spacial score (nSPS) is 11.9. The zero-order valence-corrected chi connectivity index (χ0v) is 31.2. The van der Waals surface area contributed by atoms with Gasteiger partial charge in [0.1, 0.15) is 11.2 Å². The number of furan rings is 1. The third kappa shape index (κ3) is 4.98. The third-order valence-corrected chi connectivity index (χ3v) is 12.3. The molecule has 0 aliphatic rings. The molecule has 0 atom stereocenters. The van der Waals surface area contributed by atoms with E-state index in [-0.39, 0.29) is 0 Å². The summed E-state index contributed by atoms with van der Waals surface area (Å²) in [4.78, 5) is 15.0. The van der Waals surface area contributed by atoms with Crippen LogP contribution in [0.5, 0.6) is 0 Å². The minimum Gasteiger partial charge on any atom is -0.456 e. The molecule has 0 fully saturated rings. The molecule has 0 saturated carbocycles. The number of thiophene rings is 1. The molecular weight excluding hydrogens is 717 g/mol. The fourth-order valence-corrected chi connectivity index (χ4v) is 9.79. The molecule has 4 aromatic heterocycles. The summed E-state index contributed by atoms with van der Waals surface area (Å²) < 4.78 is 11.6. The highest BCUT2D eigenvalue weighted by atomic mass is 32.1. The van der Waals surface area contributed by atoms with Gasteiger partial charge in [-0.15, -0.1) is 11.3 Å². The standard InChI is InChI=1S/C51H30N4OS/c1-3-14-31(15-4-1)49-52-50(32-16-5-2-6-17-32)54-51(53-49)39-22-12-26-43-46(39)37-29-28-33(30-44(37)56-43)34-20-11-21-38-47-42(25-13-27-45(47)57-48(34)38)55-40-23-9-7-18-35(40)36-19-8-10-24-41(36)55/h1-30H. The van der Waals surface area contributed by atoms with Crippen LogP contribution in [0.25, 0.3) is 115 Å². The molecule has 6 heteroatoms. The van der Waals surface area contributed by atoms with Gasteiger partial charge in [0.15, 0.2) is 17.5 Å². The van der Waals surface area contributed by atoms with Crippen molar-refractivity contribution in [2.75, 3.05) is 0 Å². The van der Waals surface area contributed by atoms with Gasteiger partial charge in [0.25, 0.3) is 0 Å². The van der Waals surface area contributed by atoms with E-state index >= 15 is 0 Å². The van der Waals surface area contributed by atoms with E-state index in [9.17, 15) is 0 Å². The summed E-state index contributed by atoms with van der Waals surface area (Å²) in [5.74, 6) is 1.86. The van der Waals surface area contributed by atoms with Gasteiger partial charge in [-0.2, -0.15) is 0 Å². The van der Waals surface area contributed by atoms with Gasteiger partial charge in [-0.25, -0.2) is 15.0 Å². The maximum Gasteiger partial charge on any atom is 0.164 e. The average molecular weight is 747 g/mol. The van der Waals surface area contributed by atoms with Crippen LogP contribution in [0, 0.1) is 0 Å². The molecule has 266 valence electrons. The van der Waals surface area contributed by atoms with Crippen LogP contribution in [0.3, 0.4) is 0 Å². The van der Waals surface area contributed by atoms with Crippen LogP contribution in [-0.4, -0.2) is 19.5 Å². The average Bonchev–Trinajstić information content (AvgIpc) is 3.96. The number of fused-ring (bicyclic) bond motifs is 9. The number of rotatable bonds is 5. The molecule has 0 spiro atoms. The molecular formula is C51H30N4OS. The molecule has 12 rings (SSSR count). The molecule has 8 aromatic carbocycles.